The molecule has 0 radical (unpaired) electrons. The predicted molar refractivity (Wildman–Crippen MR) is 111 cm³/mol. The molecule has 1 atom stereocenters. The molecule has 1 aliphatic rings. The lowest BCUT2D eigenvalue weighted by Crippen LogP contribution is -2.34. The SMILES string of the molecule is Cc1ccc(C)c(C(=O)CCC(=O)OCC(=O)N[C@H]2CCCc3ccccc32)c1. The number of rotatable bonds is 7. The van der Waals surface area contributed by atoms with Crippen molar-refractivity contribution in [1.29, 1.82) is 0 Å². The smallest absolute Gasteiger partial charge is 0.306 e. The Hall–Kier alpha value is -2.95. The summed E-state index contributed by atoms with van der Waals surface area (Å²) in [6.45, 7) is 3.47. The lowest BCUT2D eigenvalue weighted by atomic mass is 9.88. The van der Waals surface area contributed by atoms with Crippen LogP contribution in [0.3, 0.4) is 0 Å². The number of esters is 1. The number of benzene rings is 2. The number of ether oxygens (including phenoxy) is 1. The summed E-state index contributed by atoms with van der Waals surface area (Å²) in [6.07, 6.45) is 2.95. The largest absolute Gasteiger partial charge is 0.456 e. The summed E-state index contributed by atoms with van der Waals surface area (Å²) >= 11 is 0. The molecule has 0 heterocycles. The number of hydrogen-bond acceptors (Lipinski definition) is 4. The van der Waals surface area contributed by atoms with Crippen molar-refractivity contribution in [2.24, 2.45) is 0 Å². The van der Waals surface area contributed by atoms with E-state index in [1.54, 1.807) is 0 Å². The molecule has 1 amide bonds. The highest BCUT2D eigenvalue weighted by molar-refractivity contribution is 5.99. The van der Waals surface area contributed by atoms with Crippen molar-refractivity contribution in [2.75, 3.05) is 6.61 Å². The number of aryl methyl sites for hydroxylation is 3. The topological polar surface area (TPSA) is 72.5 Å². The summed E-state index contributed by atoms with van der Waals surface area (Å²) < 4.78 is 5.07. The molecule has 2 aromatic carbocycles. The summed E-state index contributed by atoms with van der Waals surface area (Å²) in [7, 11) is 0. The summed E-state index contributed by atoms with van der Waals surface area (Å²) in [5, 5.41) is 2.95. The summed E-state index contributed by atoms with van der Waals surface area (Å²) in [5.41, 5.74) is 4.92. The number of amides is 1. The van der Waals surface area contributed by atoms with Crippen LogP contribution in [-0.4, -0.2) is 24.3 Å². The molecule has 0 spiro atoms. The second kappa shape index (κ2) is 9.50. The number of carbonyl (C=O) groups is 3. The van der Waals surface area contributed by atoms with Gasteiger partial charge in [0.2, 0.25) is 0 Å². The number of ketones is 1. The van der Waals surface area contributed by atoms with Crippen LogP contribution in [-0.2, 0) is 20.7 Å². The van der Waals surface area contributed by atoms with Crippen molar-refractivity contribution in [2.45, 2.75) is 52.0 Å². The van der Waals surface area contributed by atoms with E-state index >= 15 is 0 Å². The molecule has 0 saturated carbocycles. The van der Waals surface area contributed by atoms with Gasteiger partial charge in [-0.25, -0.2) is 0 Å². The van der Waals surface area contributed by atoms with Crippen LogP contribution in [0.15, 0.2) is 42.5 Å². The van der Waals surface area contributed by atoms with Crippen LogP contribution in [0, 0.1) is 13.8 Å². The molecular weight excluding hydrogens is 366 g/mol. The zero-order valence-corrected chi connectivity index (χ0v) is 17.0. The molecule has 5 heteroatoms. The summed E-state index contributed by atoms with van der Waals surface area (Å²) in [5.74, 6) is -0.949. The Morgan fingerprint density at radius 3 is 2.69 bits per heavy atom. The average Bonchev–Trinajstić information content (AvgIpc) is 2.72. The zero-order valence-electron chi connectivity index (χ0n) is 17.0. The Labute approximate surface area is 171 Å². The predicted octanol–water partition coefficient (Wildman–Crippen LogP) is 4.00. The van der Waals surface area contributed by atoms with Crippen molar-refractivity contribution in [3.8, 4) is 0 Å². The van der Waals surface area contributed by atoms with Gasteiger partial charge in [-0.15, -0.1) is 0 Å². The van der Waals surface area contributed by atoms with Gasteiger partial charge in [0.15, 0.2) is 12.4 Å². The standard InChI is InChI=1S/C24H27NO4/c1-16-10-11-17(2)20(14-16)22(26)12-13-24(28)29-15-23(27)25-21-9-5-7-18-6-3-4-8-19(18)21/h3-4,6,8,10-11,14,21H,5,7,9,12-13,15H2,1-2H3,(H,25,27)/t21-/m0/s1. The summed E-state index contributed by atoms with van der Waals surface area (Å²) in [4.78, 5) is 36.5. The Bertz CT molecular complexity index is 919. The van der Waals surface area contributed by atoms with Crippen molar-refractivity contribution in [3.05, 3.63) is 70.3 Å². The van der Waals surface area contributed by atoms with E-state index in [2.05, 4.69) is 11.4 Å². The summed E-state index contributed by atoms with van der Waals surface area (Å²) in [6, 6.07) is 13.7. The van der Waals surface area contributed by atoms with E-state index in [9.17, 15) is 14.4 Å². The third-order valence-electron chi connectivity index (χ3n) is 5.32. The molecule has 0 saturated heterocycles. The van der Waals surface area contributed by atoms with Crippen molar-refractivity contribution in [1.82, 2.24) is 5.32 Å². The first kappa shape index (κ1) is 20.8. The van der Waals surface area contributed by atoms with Crippen LogP contribution >= 0.6 is 0 Å². The van der Waals surface area contributed by atoms with Crippen molar-refractivity contribution < 1.29 is 19.1 Å². The van der Waals surface area contributed by atoms with E-state index in [1.807, 2.05) is 50.2 Å². The first-order chi connectivity index (χ1) is 13.9. The van der Waals surface area contributed by atoms with Crippen LogP contribution in [0.4, 0.5) is 0 Å². The van der Waals surface area contributed by atoms with Gasteiger partial charge in [0, 0.05) is 12.0 Å². The lowest BCUT2D eigenvalue weighted by Gasteiger charge is -2.26. The maximum Gasteiger partial charge on any atom is 0.306 e. The molecule has 0 aromatic heterocycles. The first-order valence-corrected chi connectivity index (χ1v) is 10.1. The number of Topliss-reactive ketones (excluding diaryl/α,β-unsaturated/α-hetero) is 1. The quantitative estimate of drug-likeness (QED) is 0.570. The first-order valence-electron chi connectivity index (χ1n) is 10.1. The molecule has 5 nitrogen and oxygen atoms in total. The number of hydrogen-bond donors (Lipinski definition) is 1. The minimum absolute atomic E-state index is 0.0360. The highest BCUT2D eigenvalue weighted by Crippen LogP contribution is 2.29. The number of carbonyl (C=O) groups excluding carboxylic acids is 3. The molecule has 0 fully saturated rings. The third kappa shape index (κ3) is 5.53. The molecule has 0 unspecified atom stereocenters. The van der Waals surface area contributed by atoms with Crippen LogP contribution in [0.25, 0.3) is 0 Å². The minimum Gasteiger partial charge on any atom is -0.456 e. The fraction of sp³-hybridized carbons (Fsp3) is 0.375. The van der Waals surface area contributed by atoms with Gasteiger partial charge in [0.25, 0.3) is 5.91 Å². The van der Waals surface area contributed by atoms with E-state index in [1.165, 1.54) is 5.56 Å². The van der Waals surface area contributed by atoms with Gasteiger partial charge in [-0.1, -0.05) is 42.0 Å². The van der Waals surface area contributed by atoms with Gasteiger partial charge < -0.3 is 10.1 Å². The molecule has 2 aromatic rings. The van der Waals surface area contributed by atoms with Crippen molar-refractivity contribution >= 4 is 17.7 Å². The Balaban J connectivity index is 1.44. The highest BCUT2D eigenvalue weighted by atomic mass is 16.5. The average molecular weight is 393 g/mol. The minimum atomic E-state index is -0.539. The number of fused-ring (bicyclic) bond motifs is 1. The van der Waals surface area contributed by atoms with Gasteiger partial charge in [-0.3, -0.25) is 14.4 Å². The van der Waals surface area contributed by atoms with E-state index < -0.39 is 5.97 Å². The molecule has 29 heavy (non-hydrogen) atoms. The van der Waals surface area contributed by atoms with Crippen molar-refractivity contribution in [3.63, 3.8) is 0 Å². The third-order valence-corrected chi connectivity index (χ3v) is 5.32. The van der Waals surface area contributed by atoms with Gasteiger partial charge in [0.05, 0.1) is 12.5 Å². The van der Waals surface area contributed by atoms with Gasteiger partial charge in [0.1, 0.15) is 0 Å². The van der Waals surface area contributed by atoms with E-state index in [4.69, 9.17) is 4.74 Å². The molecule has 0 bridgehead atoms. The Morgan fingerprint density at radius 1 is 1.07 bits per heavy atom. The molecule has 152 valence electrons. The monoisotopic (exact) mass is 393 g/mol. The Morgan fingerprint density at radius 2 is 1.86 bits per heavy atom. The van der Waals surface area contributed by atoms with E-state index in [0.29, 0.717) is 5.56 Å². The van der Waals surface area contributed by atoms with Crippen LogP contribution in [0.2, 0.25) is 0 Å². The normalized spacial score (nSPS) is 15.3. The second-order valence-electron chi connectivity index (χ2n) is 7.61. The number of nitrogens with one attached hydrogen (secondary N) is 1. The van der Waals surface area contributed by atoms with Crippen LogP contribution in [0.5, 0.6) is 0 Å². The highest BCUT2D eigenvalue weighted by Gasteiger charge is 2.22. The van der Waals surface area contributed by atoms with Gasteiger partial charge >= 0.3 is 5.97 Å². The lowest BCUT2D eigenvalue weighted by molar-refractivity contribution is -0.148. The maximum atomic E-state index is 12.4. The van der Waals surface area contributed by atoms with E-state index in [0.717, 1.165) is 36.0 Å². The molecule has 0 aliphatic heterocycles. The second-order valence-corrected chi connectivity index (χ2v) is 7.61. The zero-order chi connectivity index (χ0) is 20.8. The van der Waals surface area contributed by atoms with Crippen LogP contribution in [0.1, 0.15) is 64.3 Å². The van der Waals surface area contributed by atoms with Gasteiger partial charge in [-0.05, 0) is 55.9 Å². The van der Waals surface area contributed by atoms with Gasteiger partial charge in [-0.2, -0.15) is 0 Å². The van der Waals surface area contributed by atoms with E-state index in [-0.39, 0.29) is 37.2 Å². The maximum absolute atomic E-state index is 12.4. The fourth-order valence-corrected chi connectivity index (χ4v) is 3.74. The molecule has 3 rings (SSSR count). The molecule has 1 aliphatic carbocycles. The fourth-order valence-electron chi connectivity index (χ4n) is 3.74. The molecule has 1 N–H and O–H groups in total. The van der Waals surface area contributed by atoms with Crippen LogP contribution < -0.4 is 5.32 Å². The Kier molecular flexibility index (Phi) is 6.81. The molecular formula is C24H27NO4.